The van der Waals surface area contributed by atoms with Crippen LogP contribution in [0.3, 0.4) is 0 Å². The van der Waals surface area contributed by atoms with E-state index in [0.29, 0.717) is 23.2 Å². The molecule has 18 heavy (non-hydrogen) atoms. The maximum atomic E-state index is 10.2. The largest absolute Gasteiger partial charge is 0.495 e. The first-order valence-corrected chi connectivity index (χ1v) is 6.59. The third-order valence-electron chi connectivity index (χ3n) is 2.87. The van der Waals surface area contributed by atoms with Gasteiger partial charge in [-0.1, -0.05) is 25.4 Å². The van der Waals surface area contributed by atoms with Crippen molar-refractivity contribution < 1.29 is 9.84 Å². The van der Waals surface area contributed by atoms with Crippen LogP contribution >= 0.6 is 11.6 Å². The van der Waals surface area contributed by atoms with Crippen molar-refractivity contribution in [2.45, 2.75) is 39.3 Å². The minimum atomic E-state index is -0.500. The van der Waals surface area contributed by atoms with Crippen LogP contribution in [0.15, 0.2) is 12.1 Å². The summed E-state index contributed by atoms with van der Waals surface area (Å²) in [5.74, 6) is 0.644. The van der Waals surface area contributed by atoms with Gasteiger partial charge in [-0.15, -0.1) is 0 Å². The Kier molecular flexibility index (Phi) is 5.93. The highest BCUT2D eigenvalue weighted by Crippen LogP contribution is 2.31. The number of ether oxygens (including phenoxy) is 1. The average Bonchev–Trinajstić information content (AvgIpc) is 2.30. The van der Waals surface area contributed by atoms with Crippen molar-refractivity contribution >= 4 is 11.6 Å². The van der Waals surface area contributed by atoms with Gasteiger partial charge in [0.1, 0.15) is 5.75 Å². The number of rotatable bonds is 6. The minimum absolute atomic E-state index is 0.428. The molecule has 0 saturated carbocycles. The first-order chi connectivity index (χ1) is 8.45. The summed E-state index contributed by atoms with van der Waals surface area (Å²) in [6.07, 6.45) is 0.168. The SMILES string of the molecule is COc1cc(C)c(C(O)CCNC(C)C)cc1Cl. The van der Waals surface area contributed by atoms with Crippen LogP contribution in [0.4, 0.5) is 0 Å². The van der Waals surface area contributed by atoms with Crippen LogP contribution in [0, 0.1) is 6.92 Å². The molecule has 102 valence electrons. The van der Waals surface area contributed by atoms with Crippen LogP contribution in [0.25, 0.3) is 0 Å². The molecule has 4 heteroatoms. The summed E-state index contributed by atoms with van der Waals surface area (Å²) in [5, 5.41) is 14.0. The molecule has 0 saturated heterocycles. The molecule has 1 atom stereocenters. The molecule has 1 unspecified atom stereocenters. The van der Waals surface area contributed by atoms with Crippen LogP contribution in [-0.2, 0) is 0 Å². The number of hydrogen-bond donors (Lipinski definition) is 2. The monoisotopic (exact) mass is 271 g/mol. The predicted octanol–water partition coefficient (Wildman–Crippen LogP) is 3.08. The molecular formula is C14H22ClNO2. The fourth-order valence-electron chi connectivity index (χ4n) is 1.85. The molecule has 1 aromatic carbocycles. The van der Waals surface area contributed by atoms with Gasteiger partial charge in [0.05, 0.1) is 18.2 Å². The number of nitrogens with one attached hydrogen (secondary N) is 1. The zero-order valence-electron chi connectivity index (χ0n) is 11.5. The van der Waals surface area contributed by atoms with Gasteiger partial charge in [-0.3, -0.25) is 0 Å². The van der Waals surface area contributed by atoms with Gasteiger partial charge in [0.25, 0.3) is 0 Å². The fraction of sp³-hybridized carbons (Fsp3) is 0.571. The van der Waals surface area contributed by atoms with Crippen LogP contribution in [0.1, 0.15) is 37.5 Å². The van der Waals surface area contributed by atoms with Crippen LogP contribution in [-0.4, -0.2) is 24.8 Å². The third-order valence-corrected chi connectivity index (χ3v) is 3.17. The van der Waals surface area contributed by atoms with E-state index in [0.717, 1.165) is 17.7 Å². The van der Waals surface area contributed by atoms with Crippen LogP contribution in [0.2, 0.25) is 5.02 Å². The maximum absolute atomic E-state index is 10.2. The molecule has 3 nitrogen and oxygen atoms in total. The second-order valence-corrected chi connectivity index (χ2v) is 5.16. The van der Waals surface area contributed by atoms with Gasteiger partial charge >= 0.3 is 0 Å². The first kappa shape index (κ1) is 15.3. The molecule has 2 N–H and O–H groups in total. The normalized spacial score (nSPS) is 12.8. The molecular weight excluding hydrogens is 250 g/mol. The third kappa shape index (κ3) is 4.16. The van der Waals surface area contributed by atoms with Gasteiger partial charge < -0.3 is 15.2 Å². The lowest BCUT2D eigenvalue weighted by Gasteiger charge is -2.17. The molecule has 0 heterocycles. The van der Waals surface area contributed by atoms with Gasteiger partial charge in [0, 0.05) is 6.04 Å². The van der Waals surface area contributed by atoms with E-state index >= 15 is 0 Å². The molecule has 0 fully saturated rings. The highest BCUT2D eigenvalue weighted by Gasteiger charge is 2.13. The van der Waals surface area contributed by atoms with Crippen LogP contribution in [0.5, 0.6) is 5.75 Å². The van der Waals surface area contributed by atoms with Gasteiger partial charge in [0.2, 0.25) is 0 Å². The second-order valence-electron chi connectivity index (χ2n) is 4.76. The van der Waals surface area contributed by atoms with Crippen molar-refractivity contribution in [2.24, 2.45) is 0 Å². The first-order valence-electron chi connectivity index (χ1n) is 6.21. The van der Waals surface area contributed by atoms with E-state index in [4.69, 9.17) is 16.3 Å². The molecule has 0 aliphatic rings. The Morgan fingerprint density at radius 2 is 2.06 bits per heavy atom. The Hall–Kier alpha value is -0.770. The molecule has 0 bridgehead atoms. The van der Waals surface area contributed by atoms with Crippen molar-refractivity contribution in [2.75, 3.05) is 13.7 Å². The molecule has 0 spiro atoms. The molecule has 0 aliphatic carbocycles. The van der Waals surface area contributed by atoms with E-state index in [-0.39, 0.29) is 0 Å². The Labute approximate surface area is 114 Å². The number of halogens is 1. The zero-order chi connectivity index (χ0) is 13.7. The molecule has 0 radical (unpaired) electrons. The molecule has 0 aromatic heterocycles. The number of hydrogen-bond acceptors (Lipinski definition) is 3. The topological polar surface area (TPSA) is 41.5 Å². The highest BCUT2D eigenvalue weighted by atomic mass is 35.5. The number of benzene rings is 1. The summed E-state index contributed by atoms with van der Waals surface area (Å²) in [4.78, 5) is 0. The van der Waals surface area contributed by atoms with Gasteiger partial charge in [-0.2, -0.15) is 0 Å². The van der Waals surface area contributed by atoms with Gasteiger partial charge in [0.15, 0.2) is 0 Å². The second kappa shape index (κ2) is 6.98. The van der Waals surface area contributed by atoms with Crippen molar-refractivity contribution in [1.82, 2.24) is 5.32 Å². The molecule has 0 aliphatic heterocycles. The standard InChI is InChI=1S/C14H22ClNO2/c1-9(2)16-6-5-13(17)11-8-12(15)14(18-4)7-10(11)3/h7-9,13,16-17H,5-6H2,1-4H3. The van der Waals surface area contributed by atoms with E-state index in [1.165, 1.54) is 0 Å². The quantitative estimate of drug-likeness (QED) is 0.835. The minimum Gasteiger partial charge on any atom is -0.495 e. The highest BCUT2D eigenvalue weighted by molar-refractivity contribution is 6.32. The maximum Gasteiger partial charge on any atom is 0.137 e. The summed E-state index contributed by atoms with van der Waals surface area (Å²) < 4.78 is 5.15. The lowest BCUT2D eigenvalue weighted by atomic mass is 10.0. The summed E-state index contributed by atoms with van der Waals surface area (Å²) >= 11 is 6.08. The predicted molar refractivity (Wildman–Crippen MR) is 75.5 cm³/mol. The van der Waals surface area contributed by atoms with Crippen molar-refractivity contribution in [1.29, 1.82) is 0 Å². The Morgan fingerprint density at radius 1 is 1.39 bits per heavy atom. The Morgan fingerprint density at radius 3 is 2.61 bits per heavy atom. The smallest absolute Gasteiger partial charge is 0.137 e. The Balaban J connectivity index is 2.73. The summed E-state index contributed by atoms with van der Waals surface area (Å²) in [6.45, 7) is 6.90. The van der Waals surface area contributed by atoms with Crippen LogP contribution < -0.4 is 10.1 Å². The average molecular weight is 272 g/mol. The lowest BCUT2D eigenvalue weighted by molar-refractivity contribution is 0.165. The summed E-state index contributed by atoms with van der Waals surface area (Å²) in [5.41, 5.74) is 1.86. The summed E-state index contributed by atoms with van der Waals surface area (Å²) in [7, 11) is 1.59. The van der Waals surface area contributed by atoms with E-state index < -0.39 is 6.10 Å². The molecule has 0 amide bonds. The van der Waals surface area contributed by atoms with Crippen molar-refractivity contribution in [3.8, 4) is 5.75 Å². The lowest BCUT2D eigenvalue weighted by Crippen LogP contribution is -2.25. The Bertz CT molecular complexity index is 394. The van der Waals surface area contributed by atoms with Crippen molar-refractivity contribution in [3.05, 3.63) is 28.3 Å². The number of aryl methyl sites for hydroxylation is 1. The van der Waals surface area contributed by atoms with Crippen molar-refractivity contribution in [3.63, 3.8) is 0 Å². The number of aliphatic hydroxyl groups is 1. The fourth-order valence-corrected chi connectivity index (χ4v) is 2.10. The zero-order valence-corrected chi connectivity index (χ0v) is 12.2. The molecule has 1 rings (SSSR count). The van der Waals surface area contributed by atoms with E-state index in [1.54, 1.807) is 13.2 Å². The van der Waals surface area contributed by atoms with Gasteiger partial charge in [-0.05, 0) is 43.1 Å². The number of aliphatic hydroxyl groups excluding tert-OH is 1. The summed E-state index contributed by atoms with van der Waals surface area (Å²) in [6, 6.07) is 4.07. The van der Waals surface area contributed by atoms with E-state index in [9.17, 15) is 5.11 Å². The number of methoxy groups -OCH3 is 1. The van der Waals surface area contributed by atoms with Gasteiger partial charge in [-0.25, -0.2) is 0 Å². The van der Waals surface area contributed by atoms with E-state index in [2.05, 4.69) is 19.2 Å². The molecule has 1 aromatic rings. The van der Waals surface area contributed by atoms with E-state index in [1.807, 2.05) is 13.0 Å².